The number of halogens is 1. The van der Waals surface area contributed by atoms with E-state index in [1.807, 2.05) is 30.3 Å². The molecule has 152 valence electrons. The minimum Gasteiger partial charge on any atom is -0.379 e. The summed E-state index contributed by atoms with van der Waals surface area (Å²) in [6.45, 7) is 3.67. The lowest BCUT2D eigenvalue weighted by Gasteiger charge is -2.15. The summed E-state index contributed by atoms with van der Waals surface area (Å²) >= 11 is 0. The zero-order chi connectivity index (χ0) is 18.6. The Morgan fingerprint density at radius 2 is 2.07 bits per heavy atom. The molecule has 1 aliphatic heterocycles. The minimum absolute atomic E-state index is 0. The van der Waals surface area contributed by atoms with Crippen LogP contribution in [0.2, 0.25) is 0 Å². The number of hydrogen-bond donors (Lipinski definition) is 2. The van der Waals surface area contributed by atoms with Crippen LogP contribution in [0.4, 0.5) is 0 Å². The van der Waals surface area contributed by atoms with Gasteiger partial charge in [-0.15, -0.1) is 24.0 Å². The summed E-state index contributed by atoms with van der Waals surface area (Å²) in [6.07, 6.45) is 2.08. The van der Waals surface area contributed by atoms with Gasteiger partial charge in [-0.1, -0.05) is 30.3 Å². The van der Waals surface area contributed by atoms with Crippen LogP contribution in [0.1, 0.15) is 18.4 Å². The molecule has 1 atom stereocenters. The summed E-state index contributed by atoms with van der Waals surface area (Å²) in [4.78, 5) is 17.9. The predicted molar refractivity (Wildman–Crippen MR) is 117 cm³/mol. The smallest absolute Gasteiger partial charge is 0.241 e. The van der Waals surface area contributed by atoms with E-state index in [1.165, 1.54) is 0 Å². The molecule has 7 nitrogen and oxygen atoms in total. The number of hydrogen-bond acceptors (Lipinski definition) is 4. The highest BCUT2D eigenvalue weighted by Gasteiger charge is 2.15. The number of aliphatic imine (C=N–C) groups is 1. The molecule has 0 radical (unpaired) electrons. The van der Waals surface area contributed by atoms with Crippen molar-refractivity contribution in [2.45, 2.75) is 25.5 Å². The number of guanidine groups is 1. The summed E-state index contributed by atoms with van der Waals surface area (Å²) in [5.74, 6) is 0.636. The molecule has 1 fully saturated rings. The lowest BCUT2D eigenvalue weighted by atomic mass is 10.2. The van der Waals surface area contributed by atoms with Gasteiger partial charge in [-0.25, -0.2) is 4.99 Å². The van der Waals surface area contributed by atoms with Gasteiger partial charge in [0.05, 0.1) is 25.8 Å². The maximum atomic E-state index is 11.8. The monoisotopic (exact) mass is 490 g/mol. The fourth-order valence-corrected chi connectivity index (χ4v) is 2.42. The highest BCUT2D eigenvalue weighted by atomic mass is 127. The molecule has 0 spiro atoms. The van der Waals surface area contributed by atoms with Crippen molar-refractivity contribution in [2.24, 2.45) is 4.99 Å². The fourth-order valence-electron chi connectivity index (χ4n) is 2.42. The highest BCUT2D eigenvalue weighted by molar-refractivity contribution is 14.0. The molecule has 1 aromatic carbocycles. The second-order valence-electron chi connectivity index (χ2n) is 6.43. The van der Waals surface area contributed by atoms with Gasteiger partial charge in [0.25, 0.3) is 0 Å². The quantitative estimate of drug-likeness (QED) is 0.238. The highest BCUT2D eigenvalue weighted by Crippen LogP contribution is 2.07. The Hall–Kier alpha value is -1.39. The van der Waals surface area contributed by atoms with E-state index in [1.54, 1.807) is 19.0 Å². The van der Waals surface area contributed by atoms with E-state index in [4.69, 9.17) is 9.47 Å². The molecule has 1 heterocycles. The van der Waals surface area contributed by atoms with E-state index in [0.29, 0.717) is 25.7 Å². The third-order valence-corrected chi connectivity index (χ3v) is 4.02. The molecule has 1 saturated heterocycles. The molecule has 0 saturated carbocycles. The van der Waals surface area contributed by atoms with Gasteiger partial charge in [0, 0.05) is 33.9 Å². The number of amides is 1. The molecule has 27 heavy (non-hydrogen) atoms. The van der Waals surface area contributed by atoms with Crippen molar-refractivity contribution in [3.63, 3.8) is 0 Å². The van der Waals surface area contributed by atoms with E-state index < -0.39 is 0 Å². The molecule has 1 aromatic rings. The Balaban J connectivity index is 0.00000364. The van der Waals surface area contributed by atoms with E-state index in [9.17, 15) is 4.79 Å². The minimum atomic E-state index is 0. The standard InChI is InChI=1S/C19H30N4O3.HI/c1-23(2)18(24)14-22-19(21-13-16-7-4-3-5-8-16)20-10-6-11-26-17-9-12-25-15-17;/h3-5,7-8,17H,6,9-15H2,1-2H3,(H2,20,21,22);1H. The van der Waals surface area contributed by atoms with E-state index >= 15 is 0 Å². The van der Waals surface area contributed by atoms with E-state index in [-0.39, 0.29) is 42.5 Å². The van der Waals surface area contributed by atoms with Crippen molar-refractivity contribution in [1.82, 2.24) is 15.5 Å². The Morgan fingerprint density at radius 3 is 2.74 bits per heavy atom. The maximum Gasteiger partial charge on any atom is 0.241 e. The molecule has 2 N–H and O–H groups in total. The first-order valence-electron chi connectivity index (χ1n) is 9.11. The zero-order valence-electron chi connectivity index (χ0n) is 16.1. The Kier molecular flexibility index (Phi) is 12.0. The van der Waals surface area contributed by atoms with Gasteiger partial charge >= 0.3 is 0 Å². The Bertz CT molecular complexity index is 563. The van der Waals surface area contributed by atoms with Crippen LogP contribution in [-0.2, 0) is 20.8 Å². The lowest BCUT2D eigenvalue weighted by molar-refractivity contribution is -0.127. The largest absolute Gasteiger partial charge is 0.379 e. The number of likely N-dealkylation sites (N-methyl/N-ethyl adjacent to an activating group) is 1. The van der Waals surface area contributed by atoms with Gasteiger partial charge in [0.2, 0.25) is 5.91 Å². The second-order valence-corrected chi connectivity index (χ2v) is 6.43. The number of nitrogens with zero attached hydrogens (tertiary/aromatic N) is 2. The van der Waals surface area contributed by atoms with Crippen molar-refractivity contribution in [3.05, 3.63) is 35.9 Å². The van der Waals surface area contributed by atoms with Crippen LogP contribution in [0, 0.1) is 0 Å². The van der Waals surface area contributed by atoms with Crippen molar-refractivity contribution in [1.29, 1.82) is 0 Å². The number of carbonyl (C=O) groups excluding carboxylic acids is 1. The molecule has 8 heteroatoms. The van der Waals surface area contributed by atoms with Crippen LogP contribution >= 0.6 is 24.0 Å². The van der Waals surface area contributed by atoms with Gasteiger partial charge in [0.15, 0.2) is 5.96 Å². The summed E-state index contributed by atoms with van der Waals surface area (Å²) < 4.78 is 11.1. The maximum absolute atomic E-state index is 11.8. The molecule has 0 aromatic heterocycles. The lowest BCUT2D eigenvalue weighted by Crippen LogP contribution is -2.43. The number of nitrogens with one attached hydrogen (secondary N) is 2. The van der Waals surface area contributed by atoms with Crippen LogP contribution in [0.15, 0.2) is 35.3 Å². The van der Waals surface area contributed by atoms with Crippen LogP contribution in [0.25, 0.3) is 0 Å². The number of carbonyl (C=O) groups is 1. The van der Waals surface area contributed by atoms with Crippen LogP contribution in [-0.4, -0.2) is 69.9 Å². The van der Waals surface area contributed by atoms with Crippen LogP contribution in [0.3, 0.4) is 0 Å². The molecule has 0 aliphatic carbocycles. The Labute approximate surface area is 178 Å². The first-order valence-corrected chi connectivity index (χ1v) is 9.11. The number of rotatable bonds is 9. The van der Waals surface area contributed by atoms with Gasteiger partial charge in [0.1, 0.15) is 0 Å². The summed E-state index contributed by atoms with van der Waals surface area (Å²) in [5.41, 5.74) is 1.12. The van der Waals surface area contributed by atoms with Crippen LogP contribution < -0.4 is 10.6 Å². The summed E-state index contributed by atoms with van der Waals surface area (Å²) in [5, 5.41) is 6.36. The van der Waals surface area contributed by atoms with E-state index in [0.717, 1.165) is 31.6 Å². The zero-order valence-corrected chi connectivity index (χ0v) is 18.5. The van der Waals surface area contributed by atoms with Crippen molar-refractivity contribution < 1.29 is 14.3 Å². The van der Waals surface area contributed by atoms with Crippen LogP contribution in [0.5, 0.6) is 0 Å². The van der Waals surface area contributed by atoms with E-state index in [2.05, 4.69) is 15.6 Å². The first kappa shape index (κ1) is 23.6. The summed E-state index contributed by atoms with van der Waals surface area (Å²) in [7, 11) is 3.48. The number of ether oxygens (including phenoxy) is 2. The predicted octanol–water partition coefficient (Wildman–Crippen LogP) is 1.62. The first-order chi connectivity index (χ1) is 12.6. The molecule has 1 unspecified atom stereocenters. The fraction of sp³-hybridized carbons (Fsp3) is 0.579. The van der Waals surface area contributed by atoms with Gasteiger partial charge < -0.3 is 25.0 Å². The normalized spacial score (nSPS) is 16.5. The van der Waals surface area contributed by atoms with Crippen molar-refractivity contribution in [3.8, 4) is 0 Å². The topological polar surface area (TPSA) is 75.2 Å². The van der Waals surface area contributed by atoms with Gasteiger partial charge in [-0.3, -0.25) is 4.79 Å². The average Bonchev–Trinajstić information content (AvgIpc) is 3.17. The van der Waals surface area contributed by atoms with Crippen molar-refractivity contribution in [2.75, 3.05) is 47.0 Å². The molecule has 1 aliphatic rings. The molecular weight excluding hydrogens is 459 g/mol. The molecule has 2 rings (SSSR count). The second kappa shape index (κ2) is 13.7. The molecule has 1 amide bonds. The van der Waals surface area contributed by atoms with Gasteiger partial charge in [-0.05, 0) is 18.4 Å². The average molecular weight is 490 g/mol. The number of benzene rings is 1. The summed E-state index contributed by atoms with van der Waals surface area (Å²) in [6, 6.07) is 10.0. The van der Waals surface area contributed by atoms with Gasteiger partial charge in [-0.2, -0.15) is 0 Å². The molecule has 0 bridgehead atoms. The van der Waals surface area contributed by atoms with Crippen molar-refractivity contribution >= 4 is 35.8 Å². The Morgan fingerprint density at radius 1 is 1.30 bits per heavy atom. The third kappa shape index (κ3) is 9.92. The third-order valence-electron chi connectivity index (χ3n) is 4.02. The molecular formula is C19H31IN4O3. The SMILES string of the molecule is CN(C)C(=O)CNC(=NCc1ccccc1)NCCCOC1CCOC1.I.